The fourth-order valence-electron chi connectivity index (χ4n) is 11.2. The maximum absolute atomic E-state index is 7.30. The average molecular weight is 941 g/mol. The molecule has 4 aromatic heterocycles. The number of hydrogen-bond donors (Lipinski definition) is 0. The molecular formula is C62H45BN2OS3. The van der Waals surface area contributed by atoms with Crippen molar-refractivity contribution in [3.63, 3.8) is 0 Å². The average Bonchev–Trinajstić information content (AvgIpc) is 4.18. The van der Waals surface area contributed by atoms with Gasteiger partial charge < -0.3 is 9.32 Å². The molecule has 2 aliphatic heterocycles. The Hall–Kier alpha value is -7.16. The second kappa shape index (κ2) is 15.2. The third-order valence-electron chi connectivity index (χ3n) is 14.4. The summed E-state index contributed by atoms with van der Waals surface area (Å²) in [6.07, 6.45) is 0. The molecule has 0 aliphatic carbocycles. The van der Waals surface area contributed by atoms with E-state index in [1.54, 1.807) is 0 Å². The minimum absolute atomic E-state index is 0.0504. The fourth-order valence-corrected chi connectivity index (χ4v) is 14.4. The summed E-state index contributed by atoms with van der Waals surface area (Å²) in [5.74, 6) is 0.895. The van der Waals surface area contributed by atoms with Crippen molar-refractivity contribution in [2.45, 2.75) is 40.0 Å². The molecule has 0 bridgehead atoms. The molecule has 14 rings (SSSR count). The van der Waals surface area contributed by atoms with Crippen LogP contribution < -0.4 is 26.2 Å². The van der Waals surface area contributed by atoms with Gasteiger partial charge in [-0.1, -0.05) is 112 Å². The van der Waals surface area contributed by atoms with Gasteiger partial charge in [0.2, 0.25) is 5.88 Å². The summed E-state index contributed by atoms with van der Waals surface area (Å²) >= 11 is 5.58. The van der Waals surface area contributed by atoms with Crippen LogP contribution in [-0.4, -0.2) is 6.71 Å². The molecule has 0 N–H and O–H groups in total. The normalized spacial score (nSPS) is 13.2. The molecule has 2 aliphatic rings. The number of anilines is 6. The van der Waals surface area contributed by atoms with Gasteiger partial charge in [-0.2, -0.15) is 0 Å². The van der Waals surface area contributed by atoms with Crippen LogP contribution in [0.3, 0.4) is 0 Å². The molecular weight excluding hydrogens is 896 g/mol. The third-order valence-corrected chi connectivity index (χ3v) is 17.9. The van der Waals surface area contributed by atoms with Crippen molar-refractivity contribution < 1.29 is 4.42 Å². The number of aryl methyl sites for hydroxylation is 2. The SMILES string of the molecule is Cc1cc(-c2cc3ccccc3s2)cc(C)c1N1c2cccc3c2B(c2ccc(-c4cc5ccccc5s4)cc2N3c2cccc(-c3cc4ccccc4s3)c2)c2c1oc1ccc(C(C)(C)C)cc21. The predicted octanol–water partition coefficient (Wildman–Crippen LogP) is 17.1. The van der Waals surface area contributed by atoms with Crippen molar-refractivity contribution >= 4 is 133 Å². The van der Waals surface area contributed by atoms with Crippen molar-refractivity contribution in [3.05, 3.63) is 199 Å². The Morgan fingerprint density at radius 1 is 0.464 bits per heavy atom. The van der Waals surface area contributed by atoms with E-state index in [1.807, 2.05) is 34.0 Å². The van der Waals surface area contributed by atoms with Crippen molar-refractivity contribution in [2.24, 2.45) is 0 Å². The topological polar surface area (TPSA) is 19.6 Å². The summed E-state index contributed by atoms with van der Waals surface area (Å²) in [6, 6.07) is 68.2. The van der Waals surface area contributed by atoms with E-state index in [4.69, 9.17) is 4.42 Å². The molecule has 0 saturated carbocycles. The van der Waals surface area contributed by atoms with Crippen LogP contribution >= 0.6 is 34.0 Å². The first-order chi connectivity index (χ1) is 33.6. The zero-order chi connectivity index (χ0) is 46.3. The van der Waals surface area contributed by atoms with Crippen LogP contribution in [0.15, 0.2) is 186 Å². The van der Waals surface area contributed by atoms with Crippen LogP contribution in [0.2, 0.25) is 0 Å². The first-order valence-electron chi connectivity index (χ1n) is 23.8. The van der Waals surface area contributed by atoms with E-state index < -0.39 is 0 Å². The highest BCUT2D eigenvalue weighted by Crippen LogP contribution is 2.50. The standard InChI is InChI=1S/C62H45BN2OS3/c1-36-28-43(57-34-41-16-8-11-23-54(41)69-57)29-37(2)60(36)65-49-20-13-19-48-59(49)63(58-46-35-44(62(3,4)5)25-27-51(46)66-61(58)65)47-26-24-42(56-33-40-15-7-10-22-53(40)68-56)31-50(47)64(48)45-18-12-17-38(30-45)55-32-39-14-6-9-21-52(39)67-55/h6-35H,1-5H3. The van der Waals surface area contributed by atoms with E-state index in [-0.39, 0.29) is 12.1 Å². The second-order valence-electron chi connectivity index (χ2n) is 19.8. The first-order valence-corrected chi connectivity index (χ1v) is 26.2. The molecule has 0 unspecified atom stereocenters. The summed E-state index contributed by atoms with van der Waals surface area (Å²) < 4.78 is 11.2. The van der Waals surface area contributed by atoms with Crippen molar-refractivity contribution in [1.82, 2.24) is 0 Å². The molecule has 0 radical (unpaired) electrons. The molecule has 0 fully saturated rings. The number of thiophene rings is 3. The van der Waals surface area contributed by atoms with Gasteiger partial charge >= 0.3 is 0 Å². The lowest BCUT2D eigenvalue weighted by Crippen LogP contribution is -2.61. The Morgan fingerprint density at radius 3 is 1.64 bits per heavy atom. The summed E-state index contributed by atoms with van der Waals surface area (Å²) in [6.45, 7) is 11.4. The Balaban J connectivity index is 1.03. The first kappa shape index (κ1) is 40.9. The van der Waals surface area contributed by atoms with Crippen LogP contribution in [0.25, 0.3) is 72.5 Å². The molecule has 0 atom stereocenters. The Kier molecular flexibility index (Phi) is 8.99. The van der Waals surface area contributed by atoms with Gasteiger partial charge in [0.15, 0.2) is 0 Å². The second-order valence-corrected chi connectivity index (χ2v) is 23.1. The van der Waals surface area contributed by atoms with Crippen molar-refractivity contribution in [3.8, 4) is 31.3 Å². The van der Waals surface area contributed by atoms with Crippen LogP contribution in [-0.2, 0) is 5.41 Å². The highest BCUT2D eigenvalue weighted by molar-refractivity contribution is 7.23. The van der Waals surface area contributed by atoms with E-state index in [2.05, 4.69) is 226 Å². The predicted molar refractivity (Wildman–Crippen MR) is 301 cm³/mol. The van der Waals surface area contributed by atoms with Crippen molar-refractivity contribution in [2.75, 3.05) is 9.80 Å². The number of hydrogen-bond acceptors (Lipinski definition) is 6. The zero-order valence-corrected chi connectivity index (χ0v) is 41.4. The summed E-state index contributed by atoms with van der Waals surface area (Å²) in [5.41, 5.74) is 17.8. The molecule has 0 amide bonds. The van der Waals surface area contributed by atoms with Gasteiger partial charge in [0.1, 0.15) is 5.58 Å². The van der Waals surface area contributed by atoms with E-state index >= 15 is 0 Å². The lowest BCUT2D eigenvalue weighted by Gasteiger charge is -2.43. The largest absolute Gasteiger partial charge is 0.440 e. The van der Waals surface area contributed by atoms with Gasteiger partial charge in [-0.15, -0.1) is 34.0 Å². The van der Waals surface area contributed by atoms with E-state index in [1.165, 1.54) is 111 Å². The van der Waals surface area contributed by atoms with Crippen LogP contribution in [0.5, 0.6) is 0 Å². The quantitative estimate of drug-likeness (QED) is 0.160. The lowest BCUT2D eigenvalue weighted by atomic mass is 9.33. The van der Waals surface area contributed by atoms with E-state index in [9.17, 15) is 0 Å². The molecule has 0 spiro atoms. The molecule has 0 saturated heterocycles. The minimum atomic E-state index is -0.0918. The van der Waals surface area contributed by atoms with Gasteiger partial charge in [-0.3, -0.25) is 4.90 Å². The van der Waals surface area contributed by atoms with Gasteiger partial charge in [0.25, 0.3) is 6.71 Å². The summed E-state index contributed by atoms with van der Waals surface area (Å²) in [5, 5.41) is 5.01. The monoisotopic (exact) mass is 940 g/mol. The third kappa shape index (κ3) is 6.37. The van der Waals surface area contributed by atoms with Gasteiger partial charge in [-0.25, -0.2) is 0 Å². The Bertz CT molecular complexity index is 3960. The number of furan rings is 1. The van der Waals surface area contributed by atoms with Crippen LogP contribution in [0.4, 0.5) is 34.3 Å². The molecule has 330 valence electrons. The fraction of sp³-hybridized carbons (Fsp3) is 0.0968. The molecule has 12 aromatic rings. The van der Waals surface area contributed by atoms with Crippen molar-refractivity contribution in [1.29, 1.82) is 0 Å². The molecule has 8 aromatic carbocycles. The number of nitrogens with zero attached hydrogens (tertiary/aromatic N) is 2. The number of rotatable bonds is 5. The highest BCUT2D eigenvalue weighted by Gasteiger charge is 2.47. The van der Waals surface area contributed by atoms with Crippen LogP contribution in [0, 0.1) is 13.8 Å². The van der Waals surface area contributed by atoms with Gasteiger partial charge in [0.05, 0.1) is 5.69 Å². The maximum atomic E-state index is 7.30. The minimum Gasteiger partial charge on any atom is -0.440 e. The zero-order valence-electron chi connectivity index (χ0n) is 38.9. The van der Waals surface area contributed by atoms with E-state index in [0.29, 0.717) is 0 Å². The van der Waals surface area contributed by atoms with E-state index in [0.717, 1.165) is 28.5 Å². The molecule has 7 heteroatoms. The summed E-state index contributed by atoms with van der Waals surface area (Å²) in [4.78, 5) is 8.82. The molecule has 69 heavy (non-hydrogen) atoms. The number of benzene rings is 8. The van der Waals surface area contributed by atoms with Gasteiger partial charge in [-0.05, 0) is 171 Å². The molecule has 3 nitrogen and oxygen atoms in total. The Morgan fingerprint density at radius 2 is 1.03 bits per heavy atom. The maximum Gasteiger partial charge on any atom is 0.257 e. The lowest BCUT2D eigenvalue weighted by molar-refractivity contribution is 0.589. The summed E-state index contributed by atoms with van der Waals surface area (Å²) in [7, 11) is 0. The molecule has 6 heterocycles. The van der Waals surface area contributed by atoms with Crippen LogP contribution in [0.1, 0.15) is 37.5 Å². The smallest absolute Gasteiger partial charge is 0.257 e. The number of fused-ring (bicyclic) bond motifs is 9. The Labute approximate surface area is 414 Å². The van der Waals surface area contributed by atoms with Gasteiger partial charge in [0, 0.05) is 62.3 Å². The highest BCUT2D eigenvalue weighted by atomic mass is 32.1.